The van der Waals surface area contributed by atoms with E-state index in [1.165, 1.54) is 41.5 Å². The standard InChI is InChI=1S/C15H22BrNS/c1-2-11-17-13-8-4-6-10-15(13)18-14-9-5-3-7-12(14)16/h3,5,7,9,13,15,17H,2,4,6,8,10-11H2,1H3. The maximum Gasteiger partial charge on any atom is 0.0311 e. The number of rotatable bonds is 5. The molecule has 0 saturated heterocycles. The van der Waals surface area contributed by atoms with Crippen molar-refractivity contribution in [3.05, 3.63) is 28.7 Å². The van der Waals surface area contributed by atoms with E-state index >= 15 is 0 Å². The van der Waals surface area contributed by atoms with E-state index in [0.717, 1.165) is 11.8 Å². The quantitative estimate of drug-likeness (QED) is 0.829. The molecule has 1 N–H and O–H groups in total. The monoisotopic (exact) mass is 327 g/mol. The molecule has 3 heteroatoms. The van der Waals surface area contributed by atoms with Crippen LogP contribution < -0.4 is 5.32 Å². The highest BCUT2D eigenvalue weighted by molar-refractivity contribution is 9.10. The molecule has 1 aliphatic rings. The van der Waals surface area contributed by atoms with Crippen LogP contribution in [0.15, 0.2) is 33.6 Å². The summed E-state index contributed by atoms with van der Waals surface area (Å²) in [6.07, 6.45) is 6.67. The maximum atomic E-state index is 3.72. The van der Waals surface area contributed by atoms with Crippen LogP contribution in [0.5, 0.6) is 0 Å². The Balaban J connectivity index is 1.98. The molecule has 18 heavy (non-hydrogen) atoms. The Labute approximate surface area is 123 Å². The first-order valence-corrected chi connectivity index (χ1v) is 8.63. The van der Waals surface area contributed by atoms with Crippen molar-refractivity contribution in [2.24, 2.45) is 0 Å². The van der Waals surface area contributed by atoms with Crippen molar-refractivity contribution in [2.75, 3.05) is 6.54 Å². The van der Waals surface area contributed by atoms with Crippen molar-refractivity contribution < 1.29 is 0 Å². The van der Waals surface area contributed by atoms with Gasteiger partial charge in [0.2, 0.25) is 0 Å². The summed E-state index contributed by atoms with van der Waals surface area (Å²) in [5.74, 6) is 0. The van der Waals surface area contributed by atoms with Gasteiger partial charge in [-0.15, -0.1) is 11.8 Å². The summed E-state index contributed by atoms with van der Waals surface area (Å²) in [6, 6.07) is 9.27. The second kappa shape index (κ2) is 7.56. The van der Waals surface area contributed by atoms with Gasteiger partial charge in [-0.3, -0.25) is 0 Å². The molecule has 0 aliphatic heterocycles. The minimum absolute atomic E-state index is 0.691. The zero-order valence-electron chi connectivity index (χ0n) is 11.0. The molecule has 2 atom stereocenters. The average Bonchev–Trinajstić information content (AvgIpc) is 2.40. The van der Waals surface area contributed by atoms with Crippen LogP contribution >= 0.6 is 27.7 Å². The molecule has 0 bridgehead atoms. The summed E-state index contributed by atoms with van der Waals surface area (Å²) in [6.45, 7) is 3.39. The highest BCUT2D eigenvalue weighted by Crippen LogP contribution is 2.37. The third kappa shape index (κ3) is 4.01. The number of thioether (sulfide) groups is 1. The lowest BCUT2D eigenvalue weighted by molar-refractivity contribution is 0.384. The summed E-state index contributed by atoms with van der Waals surface area (Å²) in [5, 5.41) is 4.45. The van der Waals surface area contributed by atoms with Gasteiger partial charge in [-0.1, -0.05) is 31.9 Å². The van der Waals surface area contributed by atoms with E-state index < -0.39 is 0 Å². The van der Waals surface area contributed by atoms with Crippen molar-refractivity contribution >= 4 is 27.7 Å². The molecule has 1 nitrogen and oxygen atoms in total. The Morgan fingerprint density at radius 3 is 2.83 bits per heavy atom. The van der Waals surface area contributed by atoms with Gasteiger partial charge in [0.05, 0.1) is 0 Å². The Morgan fingerprint density at radius 2 is 2.06 bits per heavy atom. The second-order valence-electron chi connectivity index (χ2n) is 4.93. The molecule has 1 fully saturated rings. The van der Waals surface area contributed by atoms with Crippen LogP contribution in [0.4, 0.5) is 0 Å². The van der Waals surface area contributed by atoms with Crippen LogP contribution in [-0.2, 0) is 0 Å². The van der Waals surface area contributed by atoms with E-state index in [4.69, 9.17) is 0 Å². The molecule has 1 aromatic rings. The molecule has 0 aromatic heterocycles. The number of nitrogens with one attached hydrogen (secondary N) is 1. The zero-order chi connectivity index (χ0) is 12.8. The third-order valence-electron chi connectivity index (χ3n) is 3.47. The van der Waals surface area contributed by atoms with Crippen molar-refractivity contribution in [2.45, 2.75) is 55.2 Å². The molecule has 1 aromatic carbocycles. The largest absolute Gasteiger partial charge is 0.313 e. The van der Waals surface area contributed by atoms with Crippen LogP contribution in [-0.4, -0.2) is 17.8 Å². The van der Waals surface area contributed by atoms with Gasteiger partial charge in [0.1, 0.15) is 0 Å². The van der Waals surface area contributed by atoms with Gasteiger partial charge in [-0.2, -0.15) is 0 Å². The van der Waals surface area contributed by atoms with Gasteiger partial charge in [0.25, 0.3) is 0 Å². The first kappa shape index (κ1) is 14.4. The minimum atomic E-state index is 0.691. The molecule has 2 unspecified atom stereocenters. The third-order valence-corrected chi connectivity index (χ3v) is 5.90. The lowest BCUT2D eigenvalue weighted by atomic mass is 9.95. The highest BCUT2D eigenvalue weighted by Gasteiger charge is 2.25. The average molecular weight is 328 g/mol. The molecule has 100 valence electrons. The fourth-order valence-corrected chi connectivity index (χ4v) is 4.41. The van der Waals surface area contributed by atoms with Crippen LogP contribution in [0.2, 0.25) is 0 Å². The Morgan fingerprint density at radius 1 is 1.28 bits per heavy atom. The number of benzene rings is 1. The minimum Gasteiger partial charge on any atom is -0.313 e. The predicted molar refractivity (Wildman–Crippen MR) is 84.3 cm³/mol. The van der Waals surface area contributed by atoms with E-state index in [1.54, 1.807) is 0 Å². The molecule has 2 rings (SSSR count). The molecule has 1 saturated carbocycles. The van der Waals surface area contributed by atoms with Crippen molar-refractivity contribution in [3.63, 3.8) is 0 Å². The predicted octanol–water partition coefficient (Wildman–Crippen LogP) is 4.85. The molecule has 0 spiro atoms. The lowest BCUT2D eigenvalue weighted by Crippen LogP contribution is -2.40. The van der Waals surface area contributed by atoms with Gasteiger partial charge >= 0.3 is 0 Å². The number of halogens is 1. The van der Waals surface area contributed by atoms with E-state index in [0.29, 0.717) is 6.04 Å². The second-order valence-corrected chi connectivity index (χ2v) is 7.07. The van der Waals surface area contributed by atoms with Gasteiger partial charge in [-0.05, 0) is 53.9 Å². The zero-order valence-corrected chi connectivity index (χ0v) is 13.4. The first-order chi connectivity index (χ1) is 8.81. The summed E-state index contributed by atoms with van der Waals surface area (Å²) in [5.41, 5.74) is 0. The van der Waals surface area contributed by atoms with Crippen molar-refractivity contribution in [3.8, 4) is 0 Å². The van der Waals surface area contributed by atoms with Gasteiger partial charge in [0, 0.05) is 20.7 Å². The number of hydrogen-bond acceptors (Lipinski definition) is 2. The summed E-state index contributed by atoms with van der Waals surface area (Å²) in [7, 11) is 0. The molecule has 0 radical (unpaired) electrons. The molecule has 1 aliphatic carbocycles. The number of hydrogen-bond donors (Lipinski definition) is 1. The fraction of sp³-hybridized carbons (Fsp3) is 0.600. The summed E-state index contributed by atoms with van der Waals surface area (Å²) >= 11 is 5.69. The van der Waals surface area contributed by atoms with Crippen LogP contribution in [0.25, 0.3) is 0 Å². The van der Waals surface area contributed by atoms with E-state index in [-0.39, 0.29) is 0 Å². The van der Waals surface area contributed by atoms with Crippen molar-refractivity contribution in [1.82, 2.24) is 5.32 Å². The maximum absolute atomic E-state index is 3.72. The molecular formula is C15H22BrNS. The van der Waals surface area contributed by atoms with Gasteiger partial charge in [-0.25, -0.2) is 0 Å². The molecule has 0 amide bonds. The SMILES string of the molecule is CCCNC1CCCCC1Sc1ccccc1Br. The summed E-state index contributed by atoms with van der Waals surface area (Å²) in [4.78, 5) is 1.38. The topological polar surface area (TPSA) is 12.0 Å². The van der Waals surface area contributed by atoms with E-state index in [1.807, 2.05) is 11.8 Å². The first-order valence-electron chi connectivity index (χ1n) is 6.96. The molecule has 0 heterocycles. The Bertz CT molecular complexity index is 369. The molecular weight excluding hydrogens is 306 g/mol. The summed E-state index contributed by atoms with van der Waals surface area (Å²) < 4.78 is 1.23. The van der Waals surface area contributed by atoms with E-state index in [9.17, 15) is 0 Å². The van der Waals surface area contributed by atoms with Crippen LogP contribution in [0.3, 0.4) is 0 Å². The normalized spacial score (nSPS) is 24.1. The highest BCUT2D eigenvalue weighted by atomic mass is 79.9. The lowest BCUT2D eigenvalue weighted by Gasteiger charge is -2.32. The van der Waals surface area contributed by atoms with E-state index in [2.05, 4.69) is 52.4 Å². The smallest absolute Gasteiger partial charge is 0.0311 e. The van der Waals surface area contributed by atoms with Crippen LogP contribution in [0, 0.1) is 0 Å². The van der Waals surface area contributed by atoms with Crippen LogP contribution in [0.1, 0.15) is 39.0 Å². The Hall–Kier alpha value is 0.01000. The van der Waals surface area contributed by atoms with Gasteiger partial charge < -0.3 is 5.32 Å². The van der Waals surface area contributed by atoms with Gasteiger partial charge in [0.15, 0.2) is 0 Å². The fourth-order valence-electron chi connectivity index (χ4n) is 2.50. The Kier molecular flexibility index (Phi) is 6.06. The van der Waals surface area contributed by atoms with Crippen molar-refractivity contribution in [1.29, 1.82) is 0 Å².